The number of aromatic nitrogens is 2. The van der Waals surface area contributed by atoms with Gasteiger partial charge in [-0.25, -0.2) is 4.68 Å². The molecular formula is C13H18ClN3O3. The molecule has 1 aliphatic carbocycles. The van der Waals surface area contributed by atoms with Crippen molar-refractivity contribution < 1.29 is 9.84 Å². The molecule has 1 aliphatic heterocycles. The Morgan fingerprint density at radius 3 is 3.05 bits per heavy atom. The van der Waals surface area contributed by atoms with Gasteiger partial charge in [0.25, 0.3) is 5.56 Å². The summed E-state index contributed by atoms with van der Waals surface area (Å²) in [7, 11) is 0. The fraction of sp³-hybridized carbons (Fsp3) is 0.692. The van der Waals surface area contributed by atoms with Crippen molar-refractivity contribution in [1.29, 1.82) is 0 Å². The van der Waals surface area contributed by atoms with E-state index in [0.29, 0.717) is 31.2 Å². The molecule has 1 aromatic heterocycles. The number of hydrogen-bond donors (Lipinski definition) is 2. The van der Waals surface area contributed by atoms with Crippen LogP contribution in [0.3, 0.4) is 0 Å². The van der Waals surface area contributed by atoms with E-state index in [-0.39, 0.29) is 23.7 Å². The van der Waals surface area contributed by atoms with Crippen molar-refractivity contribution in [3.05, 3.63) is 21.6 Å². The Balaban J connectivity index is 1.75. The summed E-state index contributed by atoms with van der Waals surface area (Å²) in [5.41, 5.74) is -0.852. The number of halogens is 1. The van der Waals surface area contributed by atoms with Gasteiger partial charge in [0.2, 0.25) is 0 Å². The van der Waals surface area contributed by atoms with Gasteiger partial charge in [0.15, 0.2) is 0 Å². The molecule has 0 aromatic carbocycles. The summed E-state index contributed by atoms with van der Waals surface area (Å²) in [5, 5.41) is 17.5. The van der Waals surface area contributed by atoms with Gasteiger partial charge in [-0.15, -0.1) is 0 Å². The smallest absolute Gasteiger partial charge is 0.291 e. The monoisotopic (exact) mass is 299 g/mol. The van der Waals surface area contributed by atoms with Crippen molar-refractivity contribution in [1.82, 2.24) is 9.78 Å². The molecule has 2 aliphatic rings. The SMILES string of the molecule is O=c1c(NCC2(O)CCOC2)c(Cl)cnn1CC1CC1. The zero-order chi connectivity index (χ0) is 14.2. The lowest BCUT2D eigenvalue weighted by atomic mass is 10.0. The third-order valence-corrected chi connectivity index (χ3v) is 4.09. The molecule has 2 heterocycles. The maximum absolute atomic E-state index is 12.3. The topological polar surface area (TPSA) is 76.4 Å². The van der Waals surface area contributed by atoms with Gasteiger partial charge in [0, 0.05) is 26.1 Å². The first-order valence-electron chi connectivity index (χ1n) is 6.87. The molecule has 1 atom stereocenters. The average Bonchev–Trinajstić information content (AvgIpc) is 3.13. The summed E-state index contributed by atoms with van der Waals surface area (Å²) >= 11 is 6.03. The second kappa shape index (κ2) is 5.35. The van der Waals surface area contributed by atoms with Crippen molar-refractivity contribution in [2.45, 2.75) is 31.4 Å². The minimum atomic E-state index is -0.930. The Morgan fingerprint density at radius 1 is 1.60 bits per heavy atom. The highest BCUT2D eigenvalue weighted by atomic mass is 35.5. The van der Waals surface area contributed by atoms with Crippen molar-refractivity contribution in [2.75, 3.05) is 25.1 Å². The van der Waals surface area contributed by atoms with Crippen LogP contribution in [-0.2, 0) is 11.3 Å². The number of ether oxygens (including phenoxy) is 1. The number of nitrogens with zero attached hydrogens (tertiary/aromatic N) is 2. The van der Waals surface area contributed by atoms with E-state index in [4.69, 9.17) is 16.3 Å². The molecule has 1 aromatic rings. The molecule has 0 radical (unpaired) electrons. The highest BCUT2D eigenvalue weighted by Gasteiger charge is 2.32. The van der Waals surface area contributed by atoms with E-state index in [1.54, 1.807) is 0 Å². The molecule has 3 rings (SSSR count). The zero-order valence-corrected chi connectivity index (χ0v) is 11.9. The zero-order valence-electron chi connectivity index (χ0n) is 11.1. The molecule has 1 saturated heterocycles. The lowest BCUT2D eigenvalue weighted by Crippen LogP contribution is -2.39. The van der Waals surface area contributed by atoms with Gasteiger partial charge in [-0.3, -0.25) is 4.79 Å². The van der Waals surface area contributed by atoms with E-state index in [2.05, 4.69) is 10.4 Å². The van der Waals surface area contributed by atoms with Crippen LogP contribution < -0.4 is 10.9 Å². The van der Waals surface area contributed by atoms with Crippen LogP contribution in [0.5, 0.6) is 0 Å². The fourth-order valence-electron chi connectivity index (χ4n) is 2.29. The van der Waals surface area contributed by atoms with Crippen LogP contribution in [0.15, 0.2) is 11.0 Å². The second-order valence-corrected chi connectivity index (χ2v) is 6.09. The van der Waals surface area contributed by atoms with Crippen molar-refractivity contribution in [3.63, 3.8) is 0 Å². The lowest BCUT2D eigenvalue weighted by molar-refractivity contribution is 0.0381. The first kappa shape index (κ1) is 13.9. The van der Waals surface area contributed by atoms with E-state index >= 15 is 0 Å². The molecule has 110 valence electrons. The Kier molecular flexibility index (Phi) is 3.70. The third kappa shape index (κ3) is 2.97. The summed E-state index contributed by atoms with van der Waals surface area (Å²) < 4.78 is 6.62. The summed E-state index contributed by atoms with van der Waals surface area (Å²) in [5.74, 6) is 0.557. The lowest BCUT2D eigenvalue weighted by Gasteiger charge is -2.21. The van der Waals surface area contributed by atoms with E-state index < -0.39 is 5.60 Å². The predicted molar refractivity (Wildman–Crippen MR) is 75.1 cm³/mol. The highest BCUT2D eigenvalue weighted by molar-refractivity contribution is 6.32. The second-order valence-electron chi connectivity index (χ2n) is 5.68. The highest BCUT2D eigenvalue weighted by Crippen LogP contribution is 2.30. The van der Waals surface area contributed by atoms with Gasteiger partial charge >= 0.3 is 0 Å². The normalized spacial score (nSPS) is 25.9. The van der Waals surface area contributed by atoms with Crippen LogP contribution in [0.1, 0.15) is 19.3 Å². The van der Waals surface area contributed by atoms with Crippen LogP contribution in [0.25, 0.3) is 0 Å². The minimum Gasteiger partial charge on any atom is -0.386 e. The largest absolute Gasteiger partial charge is 0.386 e. The quantitative estimate of drug-likeness (QED) is 0.844. The Bertz CT molecular complexity index is 550. The standard InChI is InChI=1S/C13H18ClN3O3/c14-10-5-16-17(6-9-1-2-9)12(18)11(10)15-7-13(19)3-4-20-8-13/h5,9,15,19H,1-4,6-8H2. The van der Waals surface area contributed by atoms with E-state index in [9.17, 15) is 9.90 Å². The van der Waals surface area contributed by atoms with Crippen LogP contribution in [-0.4, -0.2) is 40.2 Å². The van der Waals surface area contributed by atoms with Crippen molar-refractivity contribution in [3.8, 4) is 0 Å². The molecule has 0 bridgehead atoms. The first-order chi connectivity index (χ1) is 9.57. The fourth-order valence-corrected chi connectivity index (χ4v) is 2.48. The molecule has 6 nitrogen and oxygen atoms in total. The van der Waals surface area contributed by atoms with E-state index in [1.165, 1.54) is 10.9 Å². The van der Waals surface area contributed by atoms with Gasteiger partial charge in [-0.05, 0) is 18.8 Å². The first-order valence-corrected chi connectivity index (χ1v) is 7.25. The molecule has 20 heavy (non-hydrogen) atoms. The number of anilines is 1. The summed E-state index contributed by atoms with van der Waals surface area (Å²) in [6, 6.07) is 0. The van der Waals surface area contributed by atoms with Gasteiger partial charge in [-0.1, -0.05) is 11.6 Å². The summed E-state index contributed by atoms with van der Waals surface area (Å²) in [4.78, 5) is 12.3. The Morgan fingerprint density at radius 2 is 2.40 bits per heavy atom. The van der Waals surface area contributed by atoms with Gasteiger partial charge in [0.1, 0.15) is 11.3 Å². The van der Waals surface area contributed by atoms with E-state index in [0.717, 1.165) is 12.8 Å². The summed E-state index contributed by atoms with van der Waals surface area (Å²) in [6.07, 6.45) is 4.33. The van der Waals surface area contributed by atoms with E-state index in [1.807, 2.05) is 0 Å². The maximum Gasteiger partial charge on any atom is 0.291 e. The number of hydrogen-bond acceptors (Lipinski definition) is 5. The molecule has 2 fully saturated rings. The summed E-state index contributed by atoms with van der Waals surface area (Å²) in [6.45, 7) is 1.70. The maximum atomic E-state index is 12.3. The molecular weight excluding hydrogens is 282 g/mol. The van der Waals surface area contributed by atoms with Crippen LogP contribution >= 0.6 is 11.6 Å². The number of nitrogens with one attached hydrogen (secondary N) is 1. The van der Waals surface area contributed by atoms with Crippen LogP contribution in [0.2, 0.25) is 5.02 Å². The molecule has 1 unspecified atom stereocenters. The number of rotatable bonds is 5. The Hall–Kier alpha value is -1.11. The predicted octanol–water partition coefficient (Wildman–Crippen LogP) is 0.870. The van der Waals surface area contributed by atoms with Crippen molar-refractivity contribution in [2.24, 2.45) is 5.92 Å². The van der Waals surface area contributed by atoms with Crippen molar-refractivity contribution >= 4 is 17.3 Å². The van der Waals surface area contributed by atoms with Crippen LogP contribution in [0.4, 0.5) is 5.69 Å². The molecule has 7 heteroatoms. The molecule has 0 spiro atoms. The molecule has 1 saturated carbocycles. The van der Waals surface area contributed by atoms with Gasteiger partial charge < -0.3 is 15.2 Å². The van der Waals surface area contributed by atoms with Crippen LogP contribution in [0, 0.1) is 5.92 Å². The minimum absolute atomic E-state index is 0.230. The Labute approximate surface area is 121 Å². The molecule has 0 amide bonds. The third-order valence-electron chi connectivity index (χ3n) is 3.80. The van der Waals surface area contributed by atoms with Gasteiger partial charge in [-0.2, -0.15) is 5.10 Å². The number of aliphatic hydroxyl groups is 1. The van der Waals surface area contributed by atoms with Gasteiger partial charge in [0.05, 0.1) is 17.8 Å². The average molecular weight is 300 g/mol. The molecule has 2 N–H and O–H groups in total.